The van der Waals surface area contributed by atoms with Gasteiger partial charge in [0.25, 0.3) is 0 Å². The Morgan fingerprint density at radius 2 is 2.00 bits per heavy atom. The average molecular weight is 324 g/mol. The maximum Gasteiger partial charge on any atom is 0.160 e. The number of rotatable bonds is 6. The molecule has 1 aliphatic rings. The van der Waals surface area contributed by atoms with E-state index in [1.54, 1.807) is 6.20 Å². The number of pyridine rings is 1. The van der Waals surface area contributed by atoms with E-state index in [1.807, 2.05) is 19.1 Å². The predicted octanol–water partition coefficient (Wildman–Crippen LogP) is 3.81. The summed E-state index contributed by atoms with van der Waals surface area (Å²) in [7, 11) is 0. The predicted molar refractivity (Wildman–Crippen MR) is 98.4 cm³/mol. The molecule has 2 heterocycles. The Morgan fingerprint density at radius 1 is 1.12 bits per heavy atom. The zero-order valence-electron chi connectivity index (χ0n) is 14.0. The first-order chi connectivity index (χ1) is 11.7. The van der Waals surface area contributed by atoms with Crippen LogP contribution >= 0.6 is 0 Å². The second-order valence-electron chi connectivity index (χ2n) is 6.12. The second-order valence-corrected chi connectivity index (χ2v) is 6.12. The number of allylic oxidation sites excluding steroid dienone is 1. The minimum absolute atomic E-state index is 0.512. The summed E-state index contributed by atoms with van der Waals surface area (Å²) in [4.78, 5) is 12.8. The Labute approximate surface area is 142 Å². The third kappa shape index (κ3) is 4.22. The van der Waals surface area contributed by atoms with Crippen molar-refractivity contribution in [2.45, 2.75) is 39.0 Å². The van der Waals surface area contributed by atoms with Gasteiger partial charge in [0.05, 0.1) is 0 Å². The summed E-state index contributed by atoms with van der Waals surface area (Å²) in [5.41, 5.74) is 9.34. The van der Waals surface area contributed by atoms with E-state index in [2.05, 4.69) is 31.7 Å². The molecule has 1 aliphatic carbocycles. The molecule has 3 rings (SSSR count). The lowest BCUT2D eigenvalue weighted by atomic mass is 9.97. The Balaban J connectivity index is 1.62. The molecule has 0 bridgehead atoms. The molecule has 6 nitrogen and oxygen atoms in total. The highest BCUT2D eigenvalue weighted by molar-refractivity contribution is 5.76. The second kappa shape index (κ2) is 7.77. The molecule has 2 aromatic heterocycles. The zero-order valence-corrected chi connectivity index (χ0v) is 14.0. The molecule has 0 radical (unpaired) electrons. The Hall–Kier alpha value is -2.63. The van der Waals surface area contributed by atoms with Crippen molar-refractivity contribution >= 4 is 23.1 Å². The first-order valence-electron chi connectivity index (χ1n) is 8.44. The van der Waals surface area contributed by atoms with E-state index in [1.165, 1.54) is 37.6 Å². The summed E-state index contributed by atoms with van der Waals surface area (Å²) in [5.74, 6) is 1.95. The normalized spacial score (nSPS) is 14.1. The van der Waals surface area contributed by atoms with E-state index in [9.17, 15) is 0 Å². The Bertz CT molecular complexity index is 708. The van der Waals surface area contributed by atoms with Gasteiger partial charge in [-0.15, -0.1) is 0 Å². The fourth-order valence-electron chi connectivity index (χ4n) is 2.77. The summed E-state index contributed by atoms with van der Waals surface area (Å²) in [6, 6.07) is 3.89. The summed E-state index contributed by atoms with van der Waals surface area (Å²) in [5, 5.41) is 6.46. The molecule has 6 heteroatoms. The van der Waals surface area contributed by atoms with E-state index in [4.69, 9.17) is 5.73 Å². The Morgan fingerprint density at radius 3 is 2.75 bits per heavy atom. The third-order valence-corrected chi connectivity index (χ3v) is 4.17. The van der Waals surface area contributed by atoms with Crippen molar-refractivity contribution in [1.29, 1.82) is 0 Å². The van der Waals surface area contributed by atoms with Gasteiger partial charge in [-0.2, -0.15) is 0 Å². The number of anilines is 4. The van der Waals surface area contributed by atoms with Crippen LogP contribution in [0.2, 0.25) is 0 Å². The first kappa shape index (κ1) is 16.2. The maximum atomic E-state index is 6.19. The summed E-state index contributed by atoms with van der Waals surface area (Å²) in [6.45, 7) is 2.83. The van der Waals surface area contributed by atoms with Crippen LogP contribution in [0, 0.1) is 6.92 Å². The van der Waals surface area contributed by atoms with E-state index in [0.29, 0.717) is 23.1 Å². The molecule has 0 aliphatic heterocycles. The highest BCUT2D eigenvalue weighted by atomic mass is 15.1. The molecular formula is C18H24N6. The van der Waals surface area contributed by atoms with Crippen LogP contribution < -0.4 is 16.4 Å². The van der Waals surface area contributed by atoms with Gasteiger partial charge in [0.15, 0.2) is 11.6 Å². The van der Waals surface area contributed by atoms with Gasteiger partial charge < -0.3 is 16.4 Å². The average Bonchev–Trinajstić information content (AvgIpc) is 2.61. The molecule has 0 amide bonds. The van der Waals surface area contributed by atoms with Gasteiger partial charge in [-0.25, -0.2) is 15.0 Å². The third-order valence-electron chi connectivity index (χ3n) is 4.17. The molecule has 0 saturated carbocycles. The molecule has 0 unspecified atom stereocenters. The Kier molecular flexibility index (Phi) is 5.25. The van der Waals surface area contributed by atoms with Crippen LogP contribution in [0.4, 0.5) is 23.1 Å². The number of aryl methyl sites for hydroxylation is 1. The summed E-state index contributed by atoms with van der Waals surface area (Å²) in [6.07, 6.45) is 11.8. The number of nitrogens with two attached hydrogens (primary N) is 1. The van der Waals surface area contributed by atoms with Crippen LogP contribution in [0.25, 0.3) is 0 Å². The molecule has 0 aromatic carbocycles. The quantitative estimate of drug-likeness (QED) is 0.700. The monoisotopic (exact) mass is 324 g/mol. The smallest absolute Gasteiger partial charge is 0.160 e. The maximum absolute atomic E-state index is 6.19. The van der Waals surface area contributed by atoms with Crippen LogP contribution in [0.1, 0.15) is 37.7 Å². The van der Waals surface area contributed by atoms with Crippen LogP contribution in [-0.2, 0) is 0 Å². The van der Waals surface area contributed by atoms with Gasteiger partial charge in [-0.1, -0.05) is 17.7 Å². The van der Waals surface area contributed by atoms with E-state index in [-0.39, 0.29) is 0 Å². The number of aromatic nitrogens is 3. The SMILES string of the molecule is Cc1ccc(Nc2ncnc(NCCC3=CCCCC3)c2N)nc1. The number of hydrogen-bond acceptors (Lipinski definition) is 6. The summed E-state index contributed by atoms with van der Waals surface area (Å²) < 4.78 is 0. The molecule has 0 fully saturated rings. The molecule has 4 N–H and O–H groups in total. The molecule has 24 heavy (non-hydrogen) atoms. The van der Waals surface area contributed by atoms with Gasteiger partial charge in [-0.3, -0.25) is 0 Å². The zero-order chi connectivity index (χ0) is 16.8. The lowest BCUT2D eigenvalue weighted by Crippen LogP contribution is -2.10. The van der Waals surface area contributed by atoms with Crippen LogP contribution in [-0.4, -0.2) is 21.5 Å². The number of nitrogens with one attached hydrogen (secondary N) is 2. The van der Waals surface area contributed by atoms with Crippen LogP contribution in [0.5, 0.6) is 0 Å². The van der Waals surface area contributed by atoms with E-state index >= 15 is 0 Å². The standard InChI is InChI=1S/C18H24N6/c1-13-7-8-15(21-11-13)24-18-16(19)17(22-12-23-18)20-10-9-14-5-3-2-4-6-14/h5,7-8,11-12H,2-4,6,9-10,19H2,1H3,(H2,20,21,22,23,24). The minimum atomic E-state index is 0.512. The van der Waals surface area contributed by atoms with Gasteiger partial charge in [-0.05, 0) is 50.7 Å². The molecule has 0 spiro atoms. The van der Waals surface area contributed by atoms with Gasteiger partial charge in [0.1, 0.15) is 17.8 Å². The number of nitrogen functional groups attached to an aromatic ring is 1. The first-order valence-corrected chi connectivity index (χ1v) is 8.44. The highest BCUT2D eigenvalue weighted by Gasteiger charge is 2.09. The van der Waals surface area contributed by atoms with Crippen molar-refractivity contribution in [2.75, 3.05) is 22.9 Å². The van der Waals surface area contributed by atoms with E-state index in [0.717, 1.165) is 18.5 Å². The van der Waals surface area contributed by atoms with Gasteiger partial charge >= 0.3 is 0 Å². The van der Waals surface area contributed by atoms with Crippen molar-refractivity contribution in [3.8, 4) is 0 Å². The lowest BCUT2D eigenvalue weighted by Gasteiger charge is -2.15. The number of nitrogens with zero attached hydrogens (tertiary/aromatic N) is 3. The largest absolute Gasteiger partial charge is 0.393 e. The van der Waals surface area contributed by atoms with Gasteiger partial charge in [0.2, 0.25) is 0 Å². The topological polar surface area (TPSA) is 88.8 Å². The lowest BCUT2D eigenvalue weighted by molar-refractivity contribution is 0.679. The molecule has 0 atom stereocenters. The number of hydrogen-bond donors (Lipinski definition) is 3. The fraction of sp³-hybridized carbons (Fsp3) is 0.389. The molecule has 126 valence electrons. The van der Waals surface area contributed by atoms with Crippen molar-refractivity contribution < 1.29 is 0 Å². The van der Waals surface area contributed by atoms with E-state index < -0.39 is 0 Å². The van der Waals surface area contributed by atoms with Crippen molar-refractivity contribution in [3.05, 3.63) is 41.9 Å². The highest BCUT2D eigenvalue weighted by Crippen LogP contribution is 2.25. The van der Waals surface area contributed by atoms with Gasteiger partial charge in [0, 0.05) is 12.7 Å². The molecule has 0 saturated heterocycles. The minimum Gasteiger partial charge on any atom is -0.393 e. The molecule has 2 aromatic rings. The molecular weight excluding hydrogens is 300 g/mol. The van der Waals surface area contributed by atoms with Crippen LogP contribution in [0.3, 0.4) is 0 Å². The van der Waals surface area contributed by atoms with Crippen molar-refractivity contribution in [3.63, 3.8) is 0 Å². The van der Waals surface area contributed by atoms with Crippen molar-refractivity contribution in [2.24, 2.45) is 0 Å². The van der Waals surface area contributed by atoms with Crippen LogP contribution in [0.15, 0.2) is 36.3 Å². The summed E-state index contributed by atoms with van der Waals surface area (Å²) >= 11 is 0. The fourth-order valence-corrected chi connectivity index (χ4v) is 2.77. The van der Waals surface area contributed by atoms with Crippen molar-refractivity contribution in [1.82, 2.24) is 15.0 Å².